The molecule has 1 aliphatic rings. The highest BCUT2D eigenvalue weighted by Gasteiger charge is 2.25. The monoisotopic (exact) mass is 307 g/mol. The van der Waals surface area contributed by atoms with Gasteiger partial charge in [0, 0.05) is 22.8 Å². The topological polar surface area (TPSA) is 92.1 Å². The number of aromatic nitrogens is 3. The molecule has 1 aliphatic carbocycles. The number of hydrogen-bond acceptors (Lipinski definition) is 5. The van der Waals surface area contributed by atoms with Crippen LogP contribution in [0.25, 0.3) is 0 Å². The maximum Gasteiger partial charge on any atom is 0.321 e. The Morgan fingerprint density at radius 1 is 1.57 bits per heavy atom. The molecule has 0 saturated heterocycles. The Hall–Kier alpha value is -1.93. The largest absolute Gasteiger partial charge is 0.394 e. The van der Waals surface area contributed by atoms with E-state index in [-0.39, 0.29) is 18.7 Å². The molecule has 3 N–H and O–H groups in total. The van der Waals surface area contributed by atoms with Crippen LogP contribution in [0.3, 0.4) is 0 Å². The predicted octanol–water partition coefficient (Wildman–Crippen LogP) is 1.53. The fraction of sp³-hybridized carbons (Fsp3) is 0.462. The minimum absolute atomic E-state index is 0.0406. The van der Waals surface area contributed by atoms with Crippen molar-refractivity contribution >= 4 is 22.5 Å². The van der Waals surface area contributed by atoms with E-state index >= 15 is 0 Å². The average molecular weight is 307 g/mol. The van der Waals surface area contributed by atoms with Gasteiger partial charge in [0.25, 0.3) is 0 Å². The summed E-state index contributed by atoms with van der Waals surface area (Å²) in [6.45, 7) is 0.560. The van der Waals surface area contributed by atoms with E-state index in [1.807, 2.05) is 10.1 Å². The van der Waals surface area contributed by atoms with E-state index in [9.17, 15) is 4.79 Å². The summed E-state index contributed by atoms with van der Waals surface area (Å²) in [6.07, 6.45) is 6.26. The molecule has 7 nitrogen and oxygen atoms in total. The molecule has 0 saturated carbocycles. The summed E-state index contributed by atoms with van der Waals surface area (Å²) in [4.78, 5) is 16.0. The first-order chi connectivity index (χ1) is 10.3. The number of amides is 2. The lowest BCUT2D eigenvalue weighted by Crippen LogP contribution is -2.34. The fourth-order valence-electron chi connectivity index (χ4n) is 2.63. The number of nitrogens with one attached hydrogen (secondary N) is 2. The van der Waals surface area contributed by atoms with Crippen molar-refractivity contribution in [2.24, 2.45) is 0 Å². The van der Waals surface area contributed by atoms with Crippen molar-refractivity contribution in [1.29, 1.82) is 0 Å². The first-order valence-corrected chi connectivity index (χ1v) is 7.78. The van der Waals surface area contributed by atoms with Crippen LogP contribution in [-0.2, 0) is 13.0 Å². The number of nitrogens with zero attached hydrogens (tertiary/aromatic N) is 3. The third kappa shape index (κ3) is 3.06. The minimum Gasteiger partial charge on any atom is -0.394 e. The molecule has 1 atom stereocenters. The number of aliphatic hydroxyl groups excluding tert-OH is 1. The van der Waals surface area contributed by atoms with Crippen LogP contribution >= 0.6 is 11.3 Å². The zero-order valence-electron chi connectivity index (χ0n) is 11.5. The van der Waals surface area contributed by atoms with E-state index in [2.05, 4.69) is 20.7 Å². The van der Waals surface area contributed by atoms with Gasteiger partial charge in [0.15, 0.2) is 5.13 Å². The Kier molecular flexibility index (Phi) is 4.16. The lowest BCUT2D eigenvalue weighted by molar-refractivity contribution is 0.246. The van der Waals surface area contributed by atoms with Crippen LogP contribution in [-0.4, -0.2) is 32.5 Å². The number of urea groups is 1. The van der Waals surface area contributed by atoms with Crippen molar-refractivity contribution in [1.82, 2.24) is 20.1 Å². The average Bonchev–Trinajstić information content (AvgIpc) is 3.10. The van der Waals surface area contributed by atoms with Crippen LogP contribution in [0.1, 0.15) is 30.1 Å². The fourth-order valence-corrected chi connectivity index (χ4v) is 3.16. The number of hydrogen-bond donors (Lipinski definition) is 3. The molecule has 2 amide bonds. The summed E-state index contributed by atoms with van der Waals surface area (Å²) in [7, 11) is 0. The van der Waals surface area contributed by atoms with Crippen LogP contribution in [0, 0.1) is 0 Å². The summed E-state index contributed by atoms with van der Waals surface area (Å²) in [6, 6.07) is -0.293. The van der Waals surface area contributed by atoms with Crippen LogP contribution in [0.2, 0.25) is 0 Å². The molecule has 0 fully saturated rings. The molecule has 0 aliphatic heterocycles. The van der Waals surface area contributed by atoms with Crippen LogP contribution < -0.4 is 10.6 Å². The molecule has 3 rings (SSSR count). The molecule has 0 bridgehead atoms. The Bertz CT molecular complexity index is 610. The Balaban J connectivity index is 1.69. The van der Waals surface area contributed by atoms with Crippen molar-refractivity contribution in [2.75, 3.05) is 11.9 Å². The quantitative estimate of drug-likeness (QED) is 0.799. The van der Waals surface area contributed by atoms with E-state index < -0.39 is 0 Å². The van der Waals surface area contributed by atoms with Crippen molar-refractivity contribution in [3.8, 4) is 0 Å². The molecule has 112 valence electrons. The molecular formula is C13H17N5O2S. The molecule has 0 radical (unpaired) electrons. The second kappa shape index (κ2) is 6.23. The molecule has 2 aromatic heterocycles. The van der Waals surface area contributed by atoms with Crippen LogP contribution in [0.5, 0.6) is 0 Å². The van der Waals surface area contributed by atoms with Gasteiger partial charge in [0.05, 0.1) is 25.4 Å². The van der Waals surface area contributed by atoms with Crippen molar-refractivity contribution < 1.29 is 9.90 Å². The number of carbonyl (C=O) groups is 1. The van der Waals surface area contributed by atoms with E-state index in [1.165, 1.54) is 11.3 Å². The molecule has 21 heavy (non-hydrogen) atoms. The Morgan fingerprint density at radius 3 is 3.24 bits per heavy atom. The first kappa shape index (κ1) is 14.0. The normalized spacial score (nSPS) is 17.3. The van der Waals surface area contributed by atoms with Gasteiger partial charge >= 0.3 is 6.03 Å². The Morgan fingerprint density at radius 2 is 2.48 bits per heavy atom. The maximum atomic E-state index is 12.0. The number of carbonyl (C=O) groups excluding carboxylic acids is 1. The third-order valence-corrected chi connectivity index (χ3v) is 4.22. The first-order valence-electron chi connectivity index (χ1n) is 6.90. The SMILES string of the molecule is O=C(Nc1nccs1)NC1CCCc2c1cnn2CCO. The summed E-state index contributed by atoms with van der Waals surface area (Å²) < 4.78 is 1.82. The molecular weight excluding hydrogens is 290 g/mol. The number of anilines is 1. The lowest BCUT2D eigenvalue weighted by Gasteiger charge is -2.24. The van der Waals surface area contributed by atoms with Gasteiger partial charge in [-0.2, -0.15) is 5.10 Å². The van der Waals surface area contributed by atoms with Crippen molar-refractivity contribution in [3.63, 3.8) is 0 Å². The highest BCUT2D eigenvalue weighted by Crippen LogP contribution is 2.29. The summed E-state index contributed by atoms with van der Waals surface area (Å²) >= 11 is 1.38. The summed E-state index contributed by atoms with van der Waals surface area (Å²) in [5.41, 5.74) is 2.15. The molecule has 2 heterocycles. The smallest absolute Gasteiger partial charge is 0.321 e. The predicted molar refractivity (Wildman–Crippen MR) is 79.3 cm³/mol. The molecule has 0 aromatic carbocycles. The second-order valence-corrected chi connectivity index (χ2v) is 5.77. The van der Waals surface area contributed by atoms with Gasteiger partial charge in [-0.3, -0.25) is 10.00 Å². The van der Waals surface area contributed by atoms with Gasteiger partial charge in [0.1, 0.15) is 0 Å². The van der Waals surface area contributed by atoms with E-state index in [0.717, 1.165) is 30.5 Å². The Labute approximate surface area is 126 Å². The van der Waals surface area contributed by atoms with Gasteiger partial charge in [-0.15, -0.1) is 11.3 Å². The van der Waals surface area contributed by atoms with E-state index in [1.54, 1.807) is 12.4 Å². The van der Waals surface area contributed by atoms with Gasteiger partial charge in [-0.1, -0.05) is 0 Å². The van der Waals surface area contributed by atoms with Crippen LogP contribution in [0.4, 0.5) is 9.93 Å². The third-order valence-electron chi connectivity index (χ3n) is 3.53. The number of thiazole rings is 1. The van der Waals surface area contributed by atoms with Gasteiger partial charge in [-0.25, -0.2) is 9.78 Å². The highest BCUT2D eigenvalue weighted by molar-refractivity contribution is 7.13. The zero-order chi connectivity index (χ0) is 14.7. The van der Waals surface area contributed by atoms with E-state index in [0.29, 0.717) is 11.7 Å². The van der Waals surface area contributed by atoms with Gasteiger partial charge in [-0.05, 0) is 19.3 Å². The van der Waals surface area contributed by atoms with E-state index in [4.69, 9.17) is 5.11 Å². The zero-order valence-corrected chi connectivity index (χ0v) is 12.3. The lowest BCUT2D eigenvalue weighted by atomic mass is 9.93. The van der Waals surface area contributed by atoms with Gasteiger partial charge < -0.3 is 10.4 Å². The molecule has 2 aromatic rings. The van der Waals surface area contributed by atoms with Crippen LogP contribution in [0.15, 0.2) is 17.8 Å². The van der Waals surface area contributed by atoms with Gasteiger partial charge in [0.2, 0.25) is 0 Å². The molecule has 8 heteroatoms. The summed E-state index contributed by atoms with van der Waals surface area (Å²) in [5, 5.41) is 21.4. The standard InChI is InChI=1S/C13H17N5O2S/c19-6-5-18-11-3-1-2-10(9(11)8-15-18)16-12(20)17-13-14-4-7-21-13/h4,7-8,10,19H,1-3,5-6H2,(H2,14,16,17,20). The maximum absolute atomic E-state index is 12.0. The highest BCUT2D eigenvalue weighted by atomic mass is 32.1. The van der Waals surface area contributed by atoms with Crippen molar-refractivity contribution in [3.05, 3.63) is 29.0 Å². The molecule has 1 unspecified atom stereocenters. The second-order valence-electron chi connectivity index (χ2n) is 4.87. The number of fused-ring (bicyclic) bond motifs is 1. The number of aliphatic hydroxyl groups is 1. The molecule has 0 spiro atoms. The van der Waals surface area contributed by atoms with Crippen molar-refractivity contribution in [2.45, 2.75) is 31.8 Å². The summed E-state index contributed by atoms with van der Waals surface area (Å²) in [5.74, 6) is 0. The minimum atomic E-state index is -0.252. The number of rotatable bonds is 4.